The van der Waals surface area contributed by atoms with E-state index in [4.69, 9.17) is 9.47 Å². The number of nitrogens with zero attached hydrogens (tertiary/aromatic N) is 2. The molecule has 1 aliphatic heterocycles. The second kappa shape index (κ2) is 8.78. The zero-order valence-electron chi connectivity index (χ0n) is 16.5. The number of hydrazone groups is 1. The Labute approximate surface area is 174 Å². The largest absolute Gasteiger partial charge is 0.497 e. The molecule has 6 heteroatoms. The van der Waals surface area contributed by atoms with Gasteiger partial charge in [0.15, 0.2) is 6.61 Å². The maximum Gasteiger partial charge on any atom is 0.281 e. The maximum atomic E-state index is 13.4. The topological polar surface area (TPSA) is 51.1 Å². The van der Waals surface area contributed by atoms with Crippen LogP contribution in [0.5, 0.6) is 11.5 Å². The molecule has 0 bridgehead atoms. The van der Waals surface area contributed by atoms with Crippen LogP contribution in [0.3, 0.4) is 0 Å². The molecule has 0 unspecified atom stereocenters. The van der Waals surface area contributed by atoms with Crippen molar-refractivity contribution in [1.82, 2.24) is 5.01 Å². The van der Waals surface area contributed by atoms with Crippen LogP contribution in [-0.4, -0.2) is 30.3 Å². The molecule has 152 valence electrons. The number of rotatable bonds is 6. The average molecular weight is 404 g/mol. The summed E-state index contributed by atoms with van der Waals surface area (Å²) in [4.78, 5) is 13.0. The standard InChI is InChI=1S/C24H21FN2O3/c1-29-20-12-10-18(11-13-20)23-15-22(17-6-3-2-4-7-17)26-27(23)24(28)16-30-21-9-5-8-19(25)14-21/h2-14,23H,15-16H2,1H3/t23-/m0/s1. The van der Waals surface area contributed by atoms with Crippen LogP contribution >= 0.6 is 0 Å². The molecule has 1 atom stereocenters. The monoisotopic (exact) mass is 404 g/mol. The number of amides is 1. The number of ether oxygens (including phenoxy) is 2. The zero-order valence-corrected chi connectivity index (χ0v) is 16.5. The summed E-state index contributed by atoms with van der Waals surface area (Å²) in [5.74, 6) is 0.330. The van der Waals surface area contributed by atoms with E-state index in [0.29, 0.717) is 12.2 Å². The average Bonchev–Trinajstić information content (AvgIpc) is 3.24. The Kier molecular flexibility index (Phi) is 5.75. The summed E-state index contributed by atoms with van der Waals surface area (Å²) in [6.45, 7) is -0.234. The minimum Gasteiger partial charge on any atom is -0.497 e. The van der Waals surface area contributed by atoms with E-state index in [2.05, 4.69) is 5.10 Å². The van der Waals surface area contributed by atoms with Crippen molar-refractivity contribution < 1.29 is 18.7 Å². The van der Waals surface area contributed by atoms with E-state index in [0.717, 1.165) is 22.6 Å². The molecule has 5 nitrogen and oxygen atoms in total. The fourth-order valence-electron chi connectivity index (χ4n) is 3.40. The second-order valence-corrected chi connectivity index (χ2v) is 6.89. The van der Waals surface area contributed by atoms with Gasteiger partial charge in [0.2, 0.25) is 0 Å². The number of hydrogen-bond acceptors (Lipinski definition) is 4. The molecule has 0 saturated carbocycles. The van der Waals surface area contributed by atoms with Crippen molar-refractivity contribution in [2.75, 3.05) is 13.7 Å². The normalized spacial score (nSPS) is 15.6. The first-order valence-corrected chi connectivity index (χ1v) is 9.61. The quantitative estimate of drug-likeness (QED) is 0.604. The van der Waals surface area contributed by atoms with E-state index in [1.807, 2.05) is 54.6 Å². The molecule has 0 fully saturated rings. The van der Waals surface area contributed by atoms with E-state index in [1.54, 1.807) is 13.2 Å². The lowest BCUT2D eigenvalue weighted by Gasteiger charge is -2.22. The number of halogens is 1. The van der Waals surface area contributed by atoms with Gasteiger partial charge in [-0.15, -0.1) is 0 Å². The van der Waals surface area contributed by atoms with Gasteiger partial charge in [0.05, 0.1) is 18.9 Å². The van der Waals surface area contributed by atoms with Crippen LogP contribution in [0.15, 0.2) is 84.0 Å². The summed E-state index contributed by atoms with van der Waals surface area (Å²) in [5, 5.41) is 6.07. The SMILES string of the molecule is COc1ccc([C@@H]2CC(c3ccccc3)=NN2C(=O)COc2cccc(F)c2)cc1. The molecule has 0 N–H and O–H groups in total. The van der Waals surface area contributed by atoms with Crippen LogP contribution in [0.1, 0.15) is 23.6 Å². The number of methoxy groups -OCH3 is 1. The highest BCUT2D eigenvalue weighted by molar-refractivity contribution is 6.03. The van der Waals surface area contributed by atoms with Crippen molar-refractivity contribution in [3.63, 3.8) is 0 Å². The second-order valence-electron chi connectivity index (χ2n) is 6.89. The fourth-order valence-corrected chi connectivity index (χ4v) is 3.40. The molecule has 30 heavy (non-hydrogen) atoms. The van der Waals surface area contributed by atoms with Crippen LogP contribution in [0.4, 0.5) is 4.39 Å². The minimum atomic E-state index is -0.415. The predicted molar refractivity (Wildman–Crippen MR) is 112 cm³/mol. The van der Waals surface area contributed by atoms with E-state index in [-0.39, 0.29) is 18.6 Å². The first-order valence-electron chi connectivity index (χ1n) is 9.61. The Morgan fingerprint density at radius 2 is 1.80 bits per heavy atom. The highest BCUT2D eigenvalue weighted by Crippen LogP contribution is 2.33. The van der Waals surface area contributed by atoms with Gasteiger partial charge in [-0.05, 0) is 35.4 Å². The van der Waals surface area contributed by atoms with Crippen molar-refractivity contribution in [2.45, 2.75) is 12.5 Å². The Morgan fingerprint density at radius 1 is 1.03 bits per heavy atom. The molecule has 0 spiro atoms. The Bertz CT molecular complexity index is 1050. The van der Waals surface area contributed by atoms with Crippen LogP contribution < -0.4 is 9.47 Å². The summed E-state index contributed by atoms with van der Waals surface area (Å²) in [6.07, 6.45) is 0.585. The van der Waals surface area contributed by atoms with Crippen LogP contribution in [-0.2, 0) is 4.79 Å². The van der Waals surface area contributed by atoms with Crippen LogP contribution in [0.2, 0.25) is 0 Å². The lowest BCUT2D eigenvalue weighted by atomic mass is 9.98. The number of carbonyl (C=O) groups is 1. The molecule has 4 rings (SSSR count). The molecular formula is C24H21FN2O3. The molecule has 3 aromatic rings. The smallest absolute Gasteiger partial charge is 0.281 e. The first-order chi connectivity index (χ1) is 14.6. The highest BCUT2D eigenvalue weighted by Gasteiger charge is 2.33. The lowest BCUT2D eigenvalue weighted by Crippen LogP contribution is -2.31. The molecule has 0 aliphatic carbocycles. The van der Waals surface area contributed by atoms with Crippen LogP contribution in [0, 0.1) is 5.82 Å². The lowest BCUT2D eigenvalue weighted by molar-refractivity contribution is -0.135. The van der Waals surface area contributed by atoms with Gasteiger partial charge in [0.1, 0.15) is 17.3 Å². The summed E-state index contributed by atoms with van der Waals surface area (Å²) >= 11 is 0. The van der Waals surface area contributed by atoms with Crippen LogP contribution in [0.25, 0.3) is 0 Å². The zero-order chi connectivity index (χ0) is 20.9. The van der Waals surface area contributed by atoms with Crippen molar-refractivity contribution in [3.8, 4) is 11.5 Å². The molecule has 0 radical (unpaired) electrons. The van der Waals surface area contributed by atoms with Gasteiger partial charge in [0.25, 0.3) is 5.91 Å². The Morgan fingerprint density at radius 3 is 2.50 bits per heavy atom. The van der Waals surface area contributed by atoms with Gasteiger partial charge in [0, 0.05) is 12.5 Å². The van der Waals surface area contributed by atoms with Gasteiger partial charge < -0.3 is 9.47 Å². The molecule has 0 saturated heterocycles. The van der Waals surface area contributed by atoms with Gasteiger partial charge in [-0.25, -0.2) is 9.40 Å². The third-order valence-electron chi connectivity index (χ3n) is 4.93. The summed E-state index contributed by atoms with van der Waals surface area (Å²) < 4.78 is 24.1. The van der Waals surface area contributed by atoms with Gasteiger partial charge in [-0.1, -0.05) is 48.5 Å². The Hall–Kier alpha value is -3.67. The van der Waals surface area contributed by atoms with Gasteiger partial charge in [-0.3, -0.25) is 4.79 Å². The van der Waals surface area contributed by atoms with Gasteiger partial charge in [-0.2, -0.15) is 5.10 Å². The van der Waals surface area contributed by atoms with Crippen molar-refractivity contribution in [1.29, 1.82) is 0 Å². The van der Waals surface area contributed by atoms with E-state index >= 15 is 0 Å². The molecule has 0 aromatic heterocycles. The fraction of sp³-hybridized carbons (Fsp3) is 0.167. The third kappa shape index (κ3) is 4.33. The minimum absolute atomic E-state index is 0.234. The molecular weight excluding hydrogens is 383 g/mol. The number of benzene rings is 3. The molecule has 1 aliphatic rings. The first kappa shape index (κ1) is 19.6. The number of hydrogen-bond donors (Lipinski definition) is 0. The van der Waals surface area contributed by atoms with Crippen molar-refractivity contribution in [3.05, 3.63) is 95.8 Å². The maximum absolute atomic E-state index is 13.4. The summed E-state index contributed by atoms with van der Waals surface area (Å²) in [5.41, 5.74) is 2.75. The molecule has 1 heterocycles. The number of carbonyl (C=O) groups excluding carboxylic acids is 1. The summed E-state index contributed by atoms with van der Waals surface area (Å²) in [6, 6.07) is 22.8. The van der Waals surface area contributed by atoms with Crippen molar-refractivity contribution in [2.24, 2.45) is 5.10 Å². The van der Waals surface area contributed by atoms with Crippen molar-refractivity contribution >= 4 is 11.6 Å². The van der Waals surface area contributed by atoms with E-state index in [9.17, 15) is 9.18 Å². The Balaban J connectivity index is 1.57. The van der Waals surface area contributed by atoms with E-state index in [1.165, 1.54) is 23.2 Å². The van der Waals surface area contributed by atoms with Gasteiger partial charge >= 0.3 is 0 Å². The summed E-state index contributed by atoms with van der Waals surface area (Å²) in [7, 11) is 1.61. The predicted octanol–water partition coefficient (Wildman–Crippen LogP) is 4.59. The highest BCUT2D eigenvalue weighted by atomic mass is 19.1. The molecule has 1 amide bonds. The van der Waals surface area contributed by atoms with E-state index < -0.39 is 5.82 Å². The third-order valence-corrected chi connectivity index (χ3v) is 4.93. The molecule has 3 aromatic carbocycles.